The van der Waals surface area contributed by atoms with Crippen molar-refractivity contribution in [2.24, 2.45) is 4.99 Å². The number of nitrogens with zero attached hydrogens (tertiary/aromatic N) is 1. The molecule has 2 rings (SSSR count). The maximum atomic E-state index is 5.41. The molecule has 0 saturated carbocycles. The number of hydrogen-bond acceptors (Lipinski definition) is 4. The molecule has 2 aromatic rings. The summed E-state index contributed by atoms with van der Waals surface area (Å²) in [5.41, 5.74) is 2.17. The summed E-state index contributed by atoms with van der Waals surface area (Å²) in [5.74, 6) is 2.58. The fourth-order valence-electron chi connectivity index (χ4n) is 2.75. The van der Waals surface area contributed by atoms with Crippen LogP contribution in [0.2, 0.25) is 0 Å². The third-order valence-corrected chi connectivity index (χ3v) is 4.14. The zero-order chi connectivity index (χ0) is 19.6. The van der Waals surface area contributed by atoms with Gasteiger partial charge in [-0.2, -0.15) is 0 Å². The molecule has 0 radical (unpaired) electrons. The monoisotopic (exact) mass is 371 g/mol. The molecule has 0 fully saturated rings. The number of hydrogen-bond donors (Lipinski definition) is 2. The maximum absolute atomic E-state index is 5.41. The van der Waals surface area contributed by atoms with E-state index in [-0.39, 0.29) is 6.04 Å². The molecule has 0 bridgehead atoms. The molecule has 0 saturated heterocycles. The van der Waals surface area contributed by atoms with Crippen LogP contribution in [-0.2, 0) is 6.54 Å². The lowest BCUT2D eigenvalue weighted by Crippen LogP contribution is -2.38. The van der Waals surface area contributed by atoms with Crippen molar-refractivity contribution in [2.45, 2.75) is 26.4 Å². The van der Waals surface area contributed by atoms with Gasteiger partial charge < -0.3 is 24.8 Å². The van der Waals surface area contributed by atoms with Gasteiger partial charge in [-0.05, 0) is 37.1 Å². The highest BCUT2D eigenvalue weighted by molar-refractivity contribution is 5.80. The average molecular weight is 371 g/mol. The summed E-state index contributed by atoms with van der Waals surface area (Å²) in [4.78, 5) is 4.70. The van der Waals surface area contributed by atoms with E-state index in [0.29, 0.717) is 23.8 Å². The van der Waals surface area contributed by atoms with Gasteiger partial charge in [-0.25, -0.2) is 4.99 Å². The third-order valence-electron chi connectivity index (χ3n) is 4.14. The number of guanidine groups is 1. The molecule has 0 aliphatic heterocycles. The molecule has 1 unspecified atom stereocenters. The molecule has 0 aliphatic carbocycles. The van der Waals surface area contributed by atoms with Gasteiger partial charge in [0.05, 0.1) is 33.9 Å². The van der Waals surface area contributed by atoms with Crippen LogP contribution in [0.4, 0.5) is 0 Å². The molecule has 0 heterocycles. The molecule has 0 spiro atoms. The smallest absolute Gasteiger partial charge is 0.203 e. The van der Waals surface area contributed by atoms with E-state index in [1.54, 1.807) is 21.3 Å². The molecule has 27 heavy (non-hydrogen) atoms. The second-order valence-corrected chi connectivity index (χ2v) is 6.01. The van der Waals surface area contributed by atoms with Gasteiger partial charge in [-0.3, -0.25) is 0 Å². The summed E-state index contributed by atoms with van der Waals surface area (Å²) in [6.07, 6.45) is 0. The molecule has 2 aromatic carbocycles. The largest absolute Gasteiger partial charge is 0.493 e. The number of rotatable bonds is 8. The van der Waals surface area contributed by atoms with Crippen LogP contribution in [0.3, 0.4) is 0 Å². The lowest BCUT2D eigenvalue weighted by molar-refractivity contribution is 0.324. The zero-order valence-electron chi connectivity index (χ0n) is 16.7. The number of methoxy groups -OCH3 is 3. The van der Waals surface area contributed by atoms with Gasteiger partial charge in [-0.1, -0.05) is 30.3 Å². The van der Waals surface area contributed by atoms with Gasteiger partial charge in [0.25, 0.3) is 0 Å². The number of ether oxygens (including phenoxy) is 3. The summed E-state index contributed by atoms with van der Waals surface area (Å²) >= 11 is 0. The first-order chi connectivity index (χ1) is 13.1. The molecule has 0 aromatic heterocycles. The van der Waals surface area contributed by atoms with Gasteiger partial charge in [0.15, 0.2) is 17.5 Å². The highest BCUT2D eigenvalue weighted by Crippen LogP contribution is 2.38. The van der Waals surface area contributed by atoms with Crippen molar-refractivity contribution in [3.8, 4) is 17.2 Å². The quantitative estimate of drug-likeness (QED) is 0.549. The van der Waals surface area contributed by atoms with Gasteiger partial charge >= 0.3 is 0 Å². The molecule has 2 N–H and O–H groups in total. The first-order valence-electron chi connectivity index (χ1n) is 9.01. The standard InChI is InChI=1S/C21H29N3O3/c1-6-22-21(24-15(2)17-10-8-7-9-11-17)23-14-16-12-18(25-3)20(27-5)19(13-16)26-4/h7-13,15H,6,14H2,1-5H3,(H2,22,23,24). The van der Waals surface area contributed by atoms with E-state index in [9.17, 15) is 0 Å². The zero-order valence-corrected chi connectivity index (χ0v) is 16.7. The van der Waals surface area contributed by atoms with Gasteiger partial charge in [-0.15, -0.1) is 0 Å². The predicted octanol–water partition coefficient (Wildman–Crippen LogP) is 3.53. The highest BCUT2D eigenvalue weighted by atomic mass is 16.5. The summed E-state index contributed by atoms with van der Waals surface area (Å²) in [7, 11) is 4.81. The van der Waals surface area contributed by atoms with Crippen LogP contribution in [-0.4, -0.2) is 33.8 Å². The van der Waals surface area contributed by atoms with E-state index in [1.165, 1.54) is 5.56 Å². The number of nitrogens with one attached hydrogen (secondary N) is 2. The molecule has 6 heteroatoms. The van der Waals surface area contributed by atoms with Crippen LogP contribution in [0, 0.1) is 0 Å². The third kappa shape index (κ3) is 5.54. The Morgan fingerprint density at radius 3 is 2.15 bits per heavy atom. The fourth-order valence-corrected chi connectivity index (χ4v) is 2.75. The Kier molecular flexibility index (Phi) is 7.79. The lowest BCUT2D eigenvalue weighted by atomic mass is 10.1. The maximum Gasteiger partial charge on any atom is 0.203 e. The average Bonchev–Trinajstić information content (AvgIpc) is 2.71. The molecule has 0 amide bonds. The van der Waals surface area contributed by atoms with Crippen molar-refractivity contribution >= 4 is 5.96 Å². The molecule has 6 nitrogen and oxygen atoms in total. The second kappa shape index (κ2) is 10.3. The van der Waals surface area contributed by atoms with Gasteiger partial charge in [0.2, 0.25) is 5.75 Å². The minimum atomic E-state index is 0.143. The van der Waals surface area contributed by atoms with Crippen LogP contribution in [0.5, 0.6) is 17.2 Å². The number of aliphatic imine (C=N–C) groups is 1. The van der Waals surface area contributed by atoms with Crippen LogP contribution in [0.15, 0.2) is 47.5 Å². The lowest BCUT2D eigenvalue weighted by Gasteiger charge is -2.18. The molecule has 146 valence electrons. The molecule has 1 atom stereocenters. The van der Waals surface area contributed by atoms with E-state index >= 15 is 0 Å². The SMILES string of the molecule is CCNC(=NCc1cc(OC)c(OC)c(OC)c1)NC(C)c1ccccc1. The minimum absolute atomic E-state index is 0.143. The second-order valence-electron chi connectivity index (χ2n) is 6.01. The summed E-state index contributed by atoms with van der Waals surface area (Å²) in [6.45, 7) is 5.42. The first kappa shape index (κ1) is 20.4. The fraction of sp³-hybridized carbons (Fsp3) is 0.381. The Morgan fingerprint density at radius 2 is 1.63 bits per heavy atom. The van der Waals surface area contributed by atoms with Crippen molar-refractivity contribution < 1.29 is 14.2 Å². The van der Waals surface area contributed by atoms with Crippen LogP contribution in [0.1, 0.15) is 31.0 Å². The predicted molar refractivity (Wildman–Crippen MR) is 109 cm³/mol. The summed E-state index contributed by atoms with van der Waals surface area (Å²) < 4.78 is 16.2. The normalized spacial score (nSPS) is 12.3. The van der Waals surface area contributed by atoms with E-state index in [0.717, 1.165) is 18.1 Å². The van der Waals surface area contributed by atoms with Gasteiger partial charge in [0, 0.05) is 6.54 Å². The van der Waals surface area contributed by atoms with E-state index < -0.39 is 0 Å². The van der Waals surface area contributed by atoms with E-state index in [1.807, 2.05) is 37.3 Å². The Labute approximate surface area is 161 Å². The van der Waals surface area contributed by atoms with Crippen molar-refractivity contribution in [3.05, 3.63) is 53.6 Å². The topological polar surface area (TPSA) is 64.1 Å². The van der Waals surface area contributed by atoms with Crippen molar-refractivity contribution in [1.82, 2.24) is 10.6 Å². The highest BCUT2D eigenvalue weighted by Gasteiger charge is 2.13. The first-order valence-corrected chi connectivity index (χ1v) is 9.01. The Morgan fingerprint density at radius 1 is 1.00 bits per heavy atom. The number of benzene rings is 2. The van der Waals surface area contributed by atoms with Gasteiger partial charge in [0.1, 0.15) is 0 Å². The summed E-state index contributed by atoms with van der Waals surface area (Å²) in [6, 6.07) is 14.2. The van der Waals surface area contributed by atoms with Crippen LogP contribution >= 0.6 is 0 Å². The van der Waals surface area contributed by atoms with Crippen LogP contribution in [0.25, 0.3) is 0 Å². The van der Waals surface area contributed by atoms with Crippen molar-refractivity contribution in [2.75, 3.05) is 27.9 Å². The van der Waals surface area contributed by atoms with Crippen molar-refractivity contribution in [1.29, 1.82) is 0 Å². The Bertz CT molecular complexity index is 723. The molecule has 0 aliphatic rings. The van der Waals surface area contributed by atoms with E-state index in [4.69, 9.17) is 19.2 Å². The molecular weight excluding hydrogens is 342 g/mol. The molecular formula is C21H29N3O3. The minimum Gasteiger partial charge on any atom is -0.493 e. The Hall–Kier alpha value is -2.89. The van der Waals surface area contributed by atoms with Crippen LogP contribution < -0.4 is 24.8 Å². The summed E-state index contributed by atoms with van der Waals surface area (Å²) in [5, 5.41) is 6.72. The Balaban J connectivity index is 2.19. The van der Waals surface area contributed by atoms with Crippen molar-refractivity contribution in [3.63, 3.8) is 0 Å². The van der Waals surface area contributed by atoms with E-state index in [2.05, 4.69) is 29.7 Å².